The minimum absolute atomic E-state index is 1.37. The zero-order valence-electron chi connectivity index (χ0n) is 11.1. The molecule has 0 rings (SSSR count). The molecule has 0 amide bonds. The quantitative estimate of drug-likeness (QED) is 0.417. The summed E-state index contributed by atoms with van der Waals surface area (Å²) < 4.78 is 7.21. The van der Waals surface area contributed by atoms with E-state index in [1.165, 1.54) is 38.5 Å². The molecule has 0 aromatic carbocycles. The zero-order chi connectivity index (χ0) is 11.6. The van der Waals surface area contributed by atoms with E-state index < -0.39 is 21.2 Å². The van der Waals surface area contributed by atoms with E-state index >= 15 is 0 Å². The maximum atomic E-state index is 4.19. The molecule has 1 heteroatoms. The van der Waals surface area contributed by atoms with Gasteiger partial charge in [-0.3, -0.25) is 0 Å². The molecule has 0 aromatic heterocycles. The van der Waals surface area contributed by atoms with Crippen molar-refractivity contribution in [1.29, 1.82) is 0 Å². The van der Waals surface area contributed by atoms with Gasteiger partial charge < -0.3 is 0 Å². The van der Waals surface area contributed by atoms with Gasteiger partial charge in [-0.05, 0) is 0 Å². The van der Waals surface area contributed by atoms with Gasteiger partial charge in [0.05, 0.1) is 0 Å². The van der Waals surface area contributed by atoms with E-state index in [4.69, 9.17) is 0 Å². The molecule has 15 heavy (non-hydrogen) atoms. The summed E-state index contributed by atoms with van der Waals surface area (Å²) in [5.41, 5.74) is 0. The fraction of sp³-hybridized carbons (Fsp3) is 0.857. The summed E-state index contributed by atoms with van der Waals surface area (Å²) >= 11 is -1.99. The molecule has 0 unspecified atom stereocenters. The number of hydrogen-bond donors (Lipinski definition) is 0. The Hall–Kier alpha value is 0.662. The first kappa shape index (κ1) is 15.7. The van der Waals surface area contributed by atoms with Crippen molar-refractivity contribution in [1.82, 2.24) is 0 Å². The van der Waals surface area contributed by atoms with Gasteiger partial charge in [-0.15, -0.1) is 0 Å². The van der Waals surface area contributed by atoms with Crippen molar-refractivity contribution in [3.63, 3.8) is 0 Å². The van der Waals surface area contributed by atoms with Crippen LogP contribution in [0.3, 0.4) is 0 Å². The van der Waals surface area contributed by atoms with Crippen LogP contribution in [0.2, 0.25) is 11.9 Å². The number of rotatable bonds is 10. The number of unbranched alkanes of at least 4 members (excludes halogenated alkanes) is 3. The van der Waals surface area contributed by atoms with Gasteiger partial charge in [0, 0.05) is 0 Å². The molecule has 0 radical (unpaired) electrons. The summed E-state index contributed by atoms with van der Waals surface area (Å²) in [7, 11) is 0. The van der Waals surface area contributed by atoms with Crippen LogP contribution in [0, 0.1) is 0 Å². The molecule has 0 aromatic rings. The molecule has 0 aliphatic carbocycles. The van der Waals surface area contributed by atoms with Gasteiger partial charge >= 0.3 is 103 Å². The molecular weight excluding hydrogens is 375 g/mol. The van der Waals surface area contributed by atoms with Crippen LogP contribution in [-0.2, 0) is 0 Å². The fourth-order valence-electron chi connectivity index (χ4n) is 2.27. The van der Waals surface area contributed by atoms with Crippen LogP contribution < -0.4 is 0 Å². The molecule has 0 aliphatic rings. The van der Waals surface area contributed by atoms with E-state index in [1.807, 2.05) is 0 Å². The summed E-state index contributed by atoms with van der Waals surface area (Å²) in [4.78, 5) is 0. The predicted octanol–water partition coefficient (Wildman–Crippen LogP) is 5.56. The van der Waals surface area contributed by atoms with Crippen LogP contribution in [0.15, 0.2) is 10.2 Å². The molecule has 0 aliphatic heterocycles. The van der Waals surface area contributed by atoms with Crippen LogP contribution >= 0.6 is 0 Å². The van der Waals surface area contributed by atoms with Gasteiger partial charge in [-0.1, -0.05) is 0 Å². The second-order valence-electron chi connectivity index (χ2n) is 4.88. The van der Waals surface area contributed by atoms with Gasteiger partial charge in [0.15, 0.2) is 0 Å². The van der Waals surface area contributed by atoms with Gasteiger partial charge in [0.1, 0.15) is 0 Å². The van der Waals surface area contributed by atoms with Gasteiger partial charge in [0.2, 0.25) is 0 Å². The van der Waals surface area contributed by atoms with E-state index in [2.05, 4.69) is 31.0 Å². The average Bonchev–Trinajstić information content (AvgIpc) is 2.29. The van der Waals surface area contributed by atoms with Crippen LogP contribution in [0.5, 0.6) is 0 Å². The fourth-order valence-corrected chi connectivity index (χ4v) is 19.9. The number of hydrogen-bond acceptors (Lipinski definition) is 0. The van der Waals surface area contributed by atoms with E-state index in [9.17, 15) is 0 Å². The maximum absolute atomic E-state index is 4.19. The molecule has 0 atom stereocenters. The Bertz CT molecular complexity index is 130. The normalized spacial score (nSPS) is 11.7. The molecule has 90 valence electrons. The Labute approximate surface area is 102 Å². The first-order valence-electron chi connectivity index (χ1n) is 6.88. The Morgan fingerprint density at radius 2 is 1.13 bits per heavy atom. The molecule has 0 bridgehead atoms. The SMILES string of the molecule is C=[CH][Pb]([CH2]CCC)([CH2]CCC)[CH2]CCC. The van der Waals surface area contributed by atoms with E-state index in [1.54, 1.807) is 11.9 Å². The van der Waals surface area contributed by atoms with Gasteiger partial charge in [-0.25, -0.2) is 0 Å². The molecule has 0 nitrogen and oxygen atoms in total. The first-order valence-corrected chi connectivity index (χ1v) is 17.4. The third kappa shape index (κ3) is 6.75. The molecule has 0 heterocycles. The van der Waals surface area contributed by atoms with Crippen molar-refractivity contribution < 1.29 is 0 Å². The predicted molar refractivity (Wildman–Crippen MR) is 75.1 cm³/mol. The molecule has 0 fully saturated rings. The van der Waals surface area contributed by atoms with Crippen molar-refractivity contribution >= 4 is 21.2 Å². The van der Waals surface area contributed by atoms with Crippen molar-refractivity contribution in [3.8, 4) is 0 Å². The Balaban J connectivity index is 4.23. The summed E-state index contributed by atoms with van der Waals surface area (Å²) in [6, 6.07) is 0. The van der Waals surface area contributed by atoms with Crippen LogP contribution in [-0.4, -0.2) is 21.2 Å². The second-order valence-corrected chi connectivity index (χ2v) is 22.9. The van der Waals surface area contributed by atoms with Crippen LogP contribution in [0.4, 0.5) is 0 Å². The molecule has 0 saturated carbocycles. The zero-order valence-corrected chi connectivity index (χ0v) is 15.0. The third-order valence-electron chi connectivity index (χ3n) is 3.52. The monoisotopic (exact) mass is 406 g/mol. The van der Waals surface area contributed by atoms with E-state index in [-0.39, 0.29) is 0 Å². The minimum atomic E-state index is -1.99. The molecular formula is C14H30Pb. The summed E-state index contributed by atoms with van der Waals surface area (Å²) in [5, 5.41) is 0. The van der Waals surface area contributed by atoms with Crippen molar-refractivity contribution in [2.75, 3.05) is 0 Å². The van der Waals surface area contributed by atoms with Crippen molar-refractivity contribution in [3.05, 3.63) is 10.2 Å². The molecule has 0 spiro atoms. The van der Waals surface area contributed by atoms with Gasteiger partial charge in [-0.2, -0.15) is 0 Å². The first-order chi connectivity index (χ1) is 7.24. The van der Waals surface area contributed by atoms with Crippen LogP contribution in [0.1, 0.15) is 59.3 Å². The Kier molecular flexibility index (Phi) is 10.3. The second kappa shape index (κ2) is 9.86. The standard InChI is InChI=1S/3C4H9.C2H3.Pb/c3*1-3-4-2;1-2;/h3*1,3-4H2,2H3;1H,2H2;. The van der Waals surface area contributed by atoms with Gasteiger partial charge in [0.25, 0.3) is 0 Å². The summed E-state index contributed by atoms with van der Waals surface area (Å²) in [6.45, 7) is 11.2. The van der Waals surface area contributed by atoms with E-state index in [0.717, 1.165) is 0 Å². The topological polar surface area (TPSA) is 0 Å². The average molecular weight is 406 g/mol. The Morgan fingerprint density at radius 1 is 0.800 bits per heavy atom. The summed E-state index contributed by atoms with van der Waals surface area (Å²) in [6.07, 6.45) is 8.48. The van der Waals surface area contributed by atoms with Crippen molar-refractivity contribution in [2.24, 2.45) is 0 Å². The van der Waals surface area contributed by atoms with E-state index in [0.29, 0.717) is 0 Å². The molecule has 0 N–H and O–H groups in total. The molecule has 0 saturated heterocycles. The Morgan fingerprint density at radius 3 is 1.33 bits per heavy atom. The third-order valence-corrected chi connectivity index (χ3v) is 22.6. The van der Waals surface area contributed by atoms with Crippen molar-refractivity contribution in [2.45, 2.75) is 71.2 Å². The summed E-state index contributed by atoms with van der Waals surface area (Å²) in [5.74, 6) is 0. The van der Waals surface area contributed by atoms with Crippen LogP contribution in [0.25, 0.3) is 0 Å².